The van der Waals surface area contributed by atoms with Crippen molar-refractivity contribution in [2.45, 2.75) is 27.2 Å². The summed E-state index contributed by atoms with van der Waals surface area (Å²) in [5, 5.41) is 2.83. The van der Waals surface area contributed by atoms with Crippen molar-refractivity contribution >= 4 is 0 Å². The number of nitrogens with one attached hydrogen (secondary N) is 1. The molecule has 0 saturated carbocycles. The topological polar surface area (TPSA) is 12.0 Å². The van der Waals surface area contributed by atoms with Crippen molar-refractivity contribution in [2.24, 2.45) is 0 Å². The number of hydrogen-bond donors (Lipinski definition) is 1. The van der Waals surface area contributed by atoms with Gasteiger partial charge in [-0.15, -0.1) is 0 Å². The second-order valence-electron chi connectivity index (χ2n) is 1.74. The molecule has 1 N–H and O–H groups in total. The molecule has 0 aliphatic rings. The zero-order valence-corrected chi connectivity index (χ0v) is 6.41. The van der Waals surface area contributed by atoms with Gasteiger partial charge in [0.15, 0.2) is 0 Å². The van der Waals surface area contributed by atoms with Crippen LogP contribution in [0.4, 0.5) is 0 Å². The molecule has 1 heteroatoms. The molecule has 0 aliphatic heterocycles. The summed E-state index contributed by atoms with van der Waals surface area (Å²) in [5.41, 5.74) is 1.00. The SMILES string of the molecule is C=C(C)NC.CCC. The highest BCUT2D eigenvalue weighted by Gasteiger charge is 1.62. The summed E-state index contributed by atoms with van der Waals surface area (Å²) in [7, 11) is 1.85. The summed E-state index contributed by atoms with van der Waals surface area (Å²) in [4.78, 5) is 0. The van der Waals surface area contributed by atoms with E-state index in [0.717, 1.165) is 5.70 Å². The highest BCUT2D eigenvalue weighted by atomic mass is 14.8. The van der Waals surface area contributed by atoms with Crippen LogP contribution >= 0.6 is 0 Å². The summed E-state index contributed by atoms with van der Waals surface area (Å²) < 4.78 is 0. The molecule has 8 heavy (non-hydrogen) atoms. The van der Waals surface area contributed by atoms with Gasteiger partial charge in [-0.25, -0.2) is 0 Å². The van der Waals surface area contributed by atoms with E-state index in [4.69, 9.17) is 0 Å². The third-order valence-corrected chi connectivity index (χ3v) is 0.427. The Bertz CT molecular complexity index is 48.3. The molecule has 0 aromatic heterocycles. The van der Waals surface area contributed by atoms with Crippen molar-refractivity contribution in [3.8, 4) is 0 Å². The third kappa shape index (κ3) is 48.1. The molecule has 0 atom stereocenters. The molecule has 0 saturated heterocycles. The Hall–Kier alpha value is -0.460. The van der Waals surface area contributed by atoms with Gasteiger partial charge in [-0.3, -0.25) is 0 Å². The molecule has 0 spiro atoms. The lowest BCUT2D eigenvalue weighted by Gasteiger charge is -1.87. The van der Waals surface area contributed by atoms with Gasteiger partial charge in [0, 0.05) is 7.05 Å². The van der Waals surface area contributed by atoms with Crippen LogP contribution in [-0.4, -0.2) is 7.05 Å². The summed E-state index contributed by atoms with van der Waals surface area (Å²) in [5.74, 6) is 0. The summed E-state index contributed by atoms with van der Waals surface area (Å²) in [6.45, 7) is 9.73. The Balaban J connectivity index is 0. The van der Waals surface area contributed by atoms with Crippen LogP contribution in [0.15, 0.2) is 12.3 Å². The van der Waals surface area contributed by atoms with Gasteiger partial charge in [0.05, 0.1) is 0 Å². The Morgan fingerprint density at radius 1 is 1.50 bits per heavy atom. The minimum atomic E-state index is 1.00. The largest absolute Gasteiger partial charge is 0.392 e. The van der Waals surface area contributed by atoms with Crippen molar-refractivity contribution in [3.63, 3.8) is 0 Å². The molecule has 0 heterocycles. The molecule has 0 amide bonds. The number of rotatable bonds is 1. The van der Waals surface area contributed by atoms with Crippen LogP contribution in [-0.2, 0) is 0 Å². The van der Waals surface area contributed by atoms with Gasteiger partial charge in [-0.2, -0.15) is 0 Å². The first kappa shape index (κ1) is 10.5. The van der Waals surface area contributed by atoms with Gasteiger partial charge in [-0.05, 0) is 12.6 Å². The zero-order chi connectivity index (χ0) is 6.99. The van der Waals surface area contributed by atoms with Crippen LogP contribution in [0.5, 0.6) is 0 Å². The quantitative estimate of drug-likeness (QED) is 0.552. The second kappa shape index (κ2) is 9.74. The van der Waals surface area contributed by atoms with Gasteiger partial charge in [0.2, 0.25) is 0 Å². The molecule has 0 aromatic carbocycles. The first-order chi connectivity index (χ1) is 3.68. The summed E-state index contributed by atoms with van der Waals surface area (Å²) in [6, 6.07) is 0. The predicted molar refractivity (Wildman–Crippen MR) is 39.8 cm³/mol. The van der Waals surface area contributed by atoms with Crippen LogP contribution in [0.1, 0.15) is 27.2 Å². The van der Waals surface area contributed by atoms with E-state index in [1.165, 1.54) is 6.42 Å². The van der Waals surface area contributed by atoms with E-state index in [0.29, 0.717) is 0 Å². The molecule has 50 valence electrons. The van der Waals surface area contributed by atoms with Crippen LogP contribution in [0.2, 0.25) is 0 Å². The lowest BCUT2D eigenvalue weighted by Crippen LogP contribution is -1.98. The Labute approximate surface area is 52.8 Å². The van der Waals surface area contributed by atoms with Gasteiger partial charge < -0.3 is 5.32 Å². The minimum absolute atomic E-state index is 1.00. The highest BCUT2D eigenvalue weighted by Crippen LogP contribution is 1.68. The molecule has 0 aliphatic carbocycles. The first-order valence-corrected chi connectivity index (χ1v) is 3.02. The molecule has 0 rings (SSSR count). The van der Waals surface area contributed by atoms with E-state index in [1.807, 2.05) is 14.0 Å². The normalized spacial score (nSPS) is 6.50. The smallest absolute Gasteiger partial charge is 0.00299 e. The molecular formula is C7H17N. The van der Waals surface area contributed by atoms with E-state index >= 15 is 0 Å². The maximum absolute atomic E-state index is 3.56. The lowest BCUT2D eigenvalue weighted by molar-refractivity contribution is 0.999. The highest BCUT2D eigenvalue weighted by molar-refractivity contribution is 4.80. The maximum atomic E-state index is 3.56. The van der Waals surface area contributed by atoms with Crippen molar-refractivity contribution < 1.29 is 0 Å². The van der Waals surface area contributed by atoms with E-state index in [1.54, 1.807) is 0 Å². The number of hydrogen-bond acceptors (Lipinski definition) is 1. The number of allylic oxidation sites excluding steroid dienone is 1. The molecule has 0 bridgehead atoms. The molecular weight excluding hydrogens is 98.1 g/mol. The first-order valence-electron chi connectivity index (χ1n) is 3.02. The van der Waals surface area contributed by atoms with Crippen molar-refractivity contribution in [1.29, 1.82) is 0 Å². The molecule has 0 fully saturated rings. The zero-order valence-electron chi connectivity index (χ0n) is 6.41. The summed E-state index contributed by atoms with van der Waals surface area (Å²) in [6.07, 6.45) is 1.25. The average molecular weight is 115 g/mol. The maximum Gasteiger partial charge on any atom is 0.00299 e. The molecule has 0 radical (unpaired) electrons. The lowest BCUT2D eigenvalue weighted by atomic mass is 10.6. The van der Waals surface area contributed by atoms with Crippen LogP contribution < -0.4 is 5.32 Å². The van der Waals surface area contributed by atoms with Crippen molar-refractivity contribution in [1.82, 2.24) is 5.32 Å². The second-order valence-corrected chi connectivity index (χ2v) is 1.74. The molecule has 1 nitrogen and oxygen atoms in total. The van der Waals surface area contributed by atoms with Crippen LogP contribution in [0.25, 0.3) is 0 Å². The van der Waals surface area contributed by atoms with Gasteiger partial charge >= 0.3 is 0 Å². The van der Waals surface area contributed by atoms with E-state index < -0.39 is 0 Å². The fourth-order valence-electron chi connectivity index (χ4n) is 0. The van der Waals surface area contributed by atoms with Crippen LogP contribution in [0.3, 0.4) is 0 Å². The van der Waals surface area contributed by atoms with Crippen LogP contribution in [0, 0.1) is 0 Å². The fraction of sp³-hybridized carbons (Fsp3) is 0.714. The molecule has 0 aromatic rings. The minimum Gasteiger partial charge on any atom is -0.392 e. The van der Waals surface area contributed by atoms with Crippen molar-refractivity contribution in [2.75, 3.05) is 7.05 Å². The molecule has 0 unspecified atom stereocenters. The average Bonchev–Trinajstić information content (AvgIpc) is 1.69. The fourth-order valence-corrected chi connectivity index (χ4v) is 0. The van der Waals surface area contributed by atoms with E-state index in [9.17, 15) is 0 Å². The van der Waals surface area contributed by atoms with E-state index in [2.05, 4.69) is 25.7 Å². The third-order valence-electron chi connectivity index (χ3n) is 0.427. The van der Waals surface area contributed by atoms with Gasteiger partial charge in [0.25, 0.3) is 0 Å². The predicted octanol–water partition coefficient (Wildman–Crippen LogP) is 2.16. The van der Waals surface area contributed by atoms with Gasteiger partial charge in [0.1, 0.15) is 0 Å². The van der Waals surface area contributed by atoms with Crippen molar-refractivity contribution in [3.05, 3.63) is 12.3 Å². The Morgan fingerprint density at radius 3 is 1.62 bits per heavy atom. The summed E-state index contributed by atoms with van der Waals surface area (Å²) >= 11 is 0. The Morgan fingerprint density at radius 2 is 1.62 bits per heavy atom. The standard InChI is InChI=1S/C4H9N.C3H8/c1-4(2)5-3;1-3-2/h5H,1H2,2-3H3;3H2,1-2H3. The van der Waals surface area contributed by atoms with Gasteiger partial charge in [-0.1, -0.05) is 26.8 Å². The Kier molecular flexibility index (Phi) is 12.8. The monoisotopic (exact) mass is 115 g/mol. The van der Waals surface area contributed by atoms with E-state index in [-0.39, 0.29) is 0 Å².